The molecule has 0 amide bonds. The van der Waals surface area contributed by atoms with E-state index < -0.39 is 0 Å². The van der Waals surface area contributed by atoms with Crippen LogP contribution in [0.25, 0.3) is 6.08 Å². The molecule has 2 aromatic carbocycles. The summed E-state index contributed by atoms with van der Waals surface area (Å²) in [6.45, 7) is 2.94. The molecule has 1 aliphatic rings. The van der Waals surface area contributed by atoms with Crippen molar-refractivity contribution in [2.24, 2.45) is 0 Å². The molecule has 0 radical (unpaired) electrons. The Morgan fingerprint density at radius 3 is 2.52 bits per heavy atom. The van der Waals surface area contributed by atoms with Crippen LogP contribution in [0.2, 0.25) is 0 Å². The van der Waals surface area contributed by atoms with Crippen LogP contribution in [0.15, 0.2) is 48.5 Å². The van der Waals surface area contributed by atoms with Crippen LogP contribution < -0.4 is 4.74 Å². The molecule has 108 valence electrons. The third-order valence-corrected chi connectivity index (χ3v) is 3.78. The average molecular weight is 281 g/mol. The summed E-state index contributed by atoms with van der Waals surface area (Å²) >= 11 is 0. The lowest BCUT2D eigenvalue weighted by Gasteiger charge is -2.11. The van der Waals surface area contributed by atoms with Crippen molar-refractivity contribution in [1.82, 2.24) is 4.90 Å². The highest BCUT2D eigenvalue weighted by Gasteiger charge is 2.16. The van der Waals surface area contributed by atoms with Crippen molar-refractivity contribution in [2.45, 2.75) is 13.1 Å². The zero-order valence-corrected chi connectivity index (χ0v) is 12.1. The lowest BCUT2D eigenvalue weighted by Crippen LogP contribution is -2.15. The first-order valence-corrected chi connectivity index (χ1v) is 7.09. The Bertz CT molecular complexity index is 639. The van der Waals surface area contributed by atoms with Crippen LogP contribution in [0.4, 0.5) is 0 Å². The normalized spacial score (nSPS) is 14.5. The zero-order chi connectivity index (χ0) is 14.7. The SMILES string of the molecule is COc1cc(/C=C/CN2Cc3ccccc3C2)ccc1O. The summed E-state index contributed by atoms with van der Waals surface area (Å²) < 4.78 is 5.11. The first-order valence-electron chi connectivity index (χ1n) is 7.09. The van der Waals surface area contributed by atoms with E-state index in [9.17, 15) is 5.11 Å². The molecule has 0 spiro atoms. The van der Waals surface area contributed by atoms with Crippen LogP contribution >= 0.6 is 0 Å². The van der Waals surface area contributed by atoms with E-state index in [2.05, 4.69) is 41.3 Å². The van der Waals surface area contributed by atoms with Gasteiger partial charge in [-0.15, -0.1) is 0 Å². The highest BCUT2D eigenvalue weighted by Crippen LogP contribution is 2.27. The Morgan fingerprint density at radius 2 is 1.86 bits per heavy atom. The van der Waals surface area contributed by atoms with Crippen LogP contribution in [0.3, 0.4) is 0 Å². The quantitative estimate of drug-likeness (QED) is 0.932. The van der Waals surface area contributed by atoms with E-state index in [0.717, 1.165) is 25.2 Å². The van der Waals surface area contributed by atoms with E-state index in [1.54, 1.807) is 13.2 Å². The topological polar surface area (TPSA) is 32.7 Å². The summed E-state index contributed by atoms with van der Waals surface area (Å²) in [5.41, 5.74) is 3.88. The predicted molar refractivity (Wildman–Crippen MR) is 84.2 cm³/mol. The second kappa shape index (κ2) is 6.02. The fourth-order valence-corrected chi connectivity index (χ4v) is 2.67. The summed E-state index contributed by atoms with van der Waals surface area (Å²) in [4.78, 5) is 2.40. The molecule has 3 nitrogen and oxygen atoms in total. The van der Waals surface area contributed by atoms with Crippen LogP contribution in [0.1, 0.15) is 16.7 Å². The molecule has 1 heterocycles. The smallest absolute Gasteiger partial charge is 0.161 e. The monoisotopic (exact) mass is 281 g/mol. The Kier molecular flexibility index (Phi) is 3.93. The molecule has 0 atom stereocenters. The van der Waals surface area contributed by atoms with Gasteiger partial charge in [-0.2, -0.15) is 0 Å². The molecule has 0 aromatic heterocycles. The molecule has 0 unspecified atom stereocenters. The highest BCUT2D eigenvalue weighted by atomic mass is 16.5. The van der Waals surface area contributed by atoms with Crippen molar-refractivity contribution in [2.75, 3.05) is 13.7 Å². The molecular formula is C18H19NO2. The van der Waals surface area contributed by atoms with Gasteiger partial charge in [-0.05, 0) is 28.8 Å². The van der Waals surface area contributed by atoms with Gasteiger partial charge in [0.05, 0.1) is 7.11 Å². The zero-order valence-electron chi connectivity index (χ0n) is 12.1. The lowest BCUT2D eigenvalue weighted by atomic mass is 10.1. The molecule has 1 N–H and O–H groups in total. The number of fused-ring (bicyclic) bond motifs is 1. The maximum Gasteiger partial charge on any atom is 0.161 e. The van der Waals surface area contributed by atoms with E-state index in [1.807, 2.05) is 12.1 Å². The number of ether oxygens (including phenoxy) is 1. The van der Waals surface area contributed by atoms with Crippen LogP contribution in [-0.2, 0) is 13.1 Å². The summed E-state index contributed by atoms with van der Waals surface area (Å²) in [6, 6.07) is 14.0. The number of phenols is 1. The van der Waals surface area contributed by atoms with E-state index in [4.69, 9.17) is 4.74 Å². The summed E-state index contributed by atoms with van der Waals surface area (Å²) in [5, 5.41) is 9.58. The Morgan fingerprint density at radius 1 is 1.14 bits per heavy atom. The van der Waals surface area contributed by atoms with E-state index in [0.29, 0.717) is 5.75 Å². The fourth-order valence-electron chi connectivity index (χ4n) is 2.67. The summed E-state index contributed by atoms with van der Waals surface area (Å²) in [6.07, 6.45) is 4.21. The highest BCUT2D eigenvalue weighted by molar-refractivity contribution is 5.55. The average Bonchev–Trinajstić information content (AvgIpc) is 2.91. The Balaban J connectivity index is 1.61. The molecule has 0 fully saturated rings. The van der Waals surface area contributed by atoms with Gasteiger partial charge >= 0.3 is 0 Å². The van der Waals surface area contributed by atoms with Gasteiger partial charge in [-0.25, -0.2) is 0 Å². The van der Waals surface area contributed by atoms with Gasteiger partial charge in [-0.1, -0.05) is 42.5 Å². The maximum atomic E-state index is 9.58. The maximum absolute atomic E-state index is 9.58. The van der Waals surface area contributed by atoms with Gasteiger partial charge < -0.3 is 9.84 Å². The molecule has 0 aliphatic carbocycles. The predicted octanol–water partition coefficient (Wildman–Crippen LogP) is 3.43. The minimum atomic E-state index is 0.171. The minimum Gasteiger partial charge on any atom is -0.504 e. The Hall–Kier alpha value is -2.26. The number of rotatable bonds is 4. The van der Waals surface area contributed by atoms with Gasteiger partial charge in [0.2, 0.25) is 0 Å². The van der Waals surface area contributed by atoms with Crippen molar-refractivity contribution in [3.63, 3.8) is 0 Å². The third kappa shape index (κ3) is 3.09. The number of nitrogens with zero attached hydrogens (tertiary/aromatic N) is 1. The van der Waals surface area contributed by atoms with Gasteiger partial charge in [0.25, 0.3) is 0 Å². The number of hydrogen-bond acceptors (Lipinski definition) is 3. The van der Waals surface area contributed by atoms with Crippen LogP contribution in [0.5, 0.6) is 11.5 Å². The van der Waals surface area contributed by atoms with Gasteiger partial charge in [0.15, 0.2) is 11.5 Å². The van der Waals surface area contributed by atoms with Crippen LogP contribution in [0, 0.1) is 0 Å². The summed E-state index contributed by atoms with van der Waals surface area (Å²) in [5.74, 6) is 0.676. The molecule has 2 aromatic rings. The van der Waals surface area contributed by atoms with Crippen molar-refractivity contribution >= 4 is 6.08 Å². The van der Waals surface area contributed by atoms with Crippen molar-refractivity contribution < 1.29 is 9.84 Å². The first-order chi connectivity index (χ1) is 10.3. The molecule has 0 bridgehead atoms. The van der Waals surface area contributed by atoms with Gasteiger partial charge in [0.1, 0.15) is 0 Å². The van der Waals surface area contributed by atoms with Crippen molar-refractivity contribution in [3.8, 4) is 11.5 Å². The van der Waals surface area contributed by atoms with E-state index >= 15 is 0 Å². The molecule has 21 heavy (non-hydrogen) atoms. The molecule has 3 rings (SSSR count). The second-order valence-corrected chi connectivity index (χ2v) is 5.27. The Labute approximate surface area is 125 Å². The van der Waals surface area contributed by atoms with Crippen molar-refractivity contribution in [1.29, 1.82) is 0 Å². The van der Waals surface area contributed by atoms with Gasteiger partial charge in [-0.3, -0.25) is 4.90 Å². The number of phenolic OH excluding ortho intramolecular Hbond substituents is 1. The number of aromatic hydroxyl groups is 1. The standard InChI is InChI=1S/C18H19NO2/c1-21-18-11-14(8-9-17(18)20)5-4-10-19-12-15-6-2-3-7-16(15)13-19/h2-9,11,20H,10,12-13H2,1H3/b5-4+. The van der Waals surface area contributed by atoms with Crippen LogP contribution in [-0.4, -0.2) is 23.7 Å². The lowest BCUT2D eigenvalue weighted by molar-refractivity contribution is 0.317. The molecule has 1 aliphatic heterocycles. The number of hydrogen-bond donors (Lipinski definition) is 1. The largest absolute Gasteiger partial charge is 0.504 e. The molecule has 0 saturated carbocycles. The minimum absolute atomic E-state index is 0.171. The third-order valence-electron chi connectivity index (χ3n) is 3.78. The fraction of sp³-hybridized carbons (Fsp3) is 0.222. The molecule has 0 saturated heterocycles. The van der Waals surface area contributed by atoms with E-state index in [1.165, 1.54) is 11.1 Å². The molecule has 3 heteroatoms. The first kappa shape index (κ1) is 13.7. The summed E-state index contributed by atoms with van der Waals surface area (Å²) in [7, 11) is 1.56. The second-order valence-electron chi connectivity index (χ2n) is 5.27. The molecular weight excluding hydrogens is 262 g/mol. The number of benzene rings is 2. The number of methoxy groups -OCH3 is 1. The van der Waals surface area contributed by atoms with E-state index in [-0.39, 0.29) is 5.75 Å². The van der Waals surface area contributed by atoms with Gasteiger partial charge in [0, 0.05) is 19.6 Å². The van der Waals surface area contributed by atoms with Crippen molar-refractivity contribution in [3.05, 3.63) is 65.2 Å².